The van der Waals surface area contributed by atoms with E-state index < -0.39 is 15.9 Å². The van der Waals surface area contributed by atoms with Crippen molar-refractivity contribution >= 4 is 49.7 Å². The number of nitrogens with one attached hydrogen (secondary N) is 1. The summed E-state index contributed by atoms with van der Waals surface area (Å²) in [7, 11) is -3.90. The molecule has 0 atom stereocenters. The highest BCUT2D eigenvalue weighted by Crippen LogP contribution is 2.40. The van der Waals surface area contributed by atoms with Gasteiger partial charge in [-0.15, -0.1) is 10.2 Å². The van der Waals surface area contributed by atoms with Crippen molar-refractivity contribution in [1.82, 2.24) is 0 Å². The number of nitrogens with zero attached hydrogens (tertiary/aromatic N) is 2. The first-order valence-corrected chi connectivity index (χ1v) is 11.3. The number of halogens is 1. The standard InChI is InChI=1S/C23H16ClN3O4S/c24-16-12-10-15(11-13-16)23(29)26-25-21-14-20(18-8-4-5-9-19(18)22(21)28)27-32(30,31)17-6-2-1-3-7-17/h1-14,27-28H. The van der Waals surface area contributed by atoms with Gasteiger partial charge in [0.25, 0.3) is 15.9 Å². The molecule has 0 saturated heterocycles. The van der Waals surface area contributed by atoms with Crippen LogP contribution in [-0.4, -0.2) is 19.4 Å². The van der Waals surface area contributed by atoms with Crippen LogP contribution in [-0.2, 0) is 10.0 Å². The molecule has 0 fully saturated rings. The fourth-order valence-electron chi connectivity index (χ4n) is 3.06. The monoisotopic (exact) mass is 465 g/mol. The number of hydrogen-bond donors (Lipinski definition) is 2. The molecule has 0 bridgehead atoms. The van der Waals surface area contributed by atoms with Crippen LogP contribution in [0.3, 0.4) is 0 Å². The Bertz CT molecular complexity index is 1440. The van der Waals surface area contributed by atoms with E-state index in [1.807, 2.05) is 0 Å². The average molecular weight is 466 g/mol. The van der Waals surface area contributed by atoms with Crippen LogP contribution in [0.5, 0.6) is 5.75 Å². The summed E-state index contributed by atoms with van der Waals surface area (Å²) in [6.45, 7) is 0. The lowest BCUT2D eigenvalue weighted by molar-refractivity contribution is 0.0995. The first kappa shape index (κ1) is 21.5. The number of fused-ring (bicyclic) bond motifs is 1. The maximum Gasteiger partial charge on any atom is 0.295 e. The Balaban J connectivity index is 1.75. The number of phenolic OH excluding ortho intramolecular Hbond substituents is 1. The van der Waals surface area contributed by atoms with Crippen LogP contribution >= 0.6 is 11.6 Å². The number of hydrogen-bond acceptors (Lipinski definition) is 5. The van der Waals surface area contributed by atoms with Gasteiger partial charge in [0.15, 0.2) is 5.75 Å². The third-order valence-corrected chi connectivity index (χ3v) is 6.27. The molecule has 2 N–H and O–H groups in total. The van der Waals surface area contributed by atoms with Gasteiger partial charge in [-0.05, 0) is 42.5 Å². The lowest BCUT2D eigenvalue weighted by Gasteiger charge is -2.13. The van der Waals surface area contributed by atoms with Crippen LogP contribution in [0, 0.1) is 0 Å². The van der Waals surface area contributed by atoms with Crippen LogP contribution in [0.4, 0.5) is 11.4 Å². The van der Waals surface area contributed by atoms with E-state index in [0.717, 1.165) is 0 Å². The minimum atomic E-state index is -3.90. The van der Waals surface area contributed by atoms with E-state index in [-0.39, 0.29) is 27.6 Å². The molecule has 9 heteroatoms. The van der Waals surface area contributed by atoms with Crippen molar-refractivity contribution in [2.45, 2.75) is 4.90 Å². The molecule has 0 aliphatic carbocycles. The Kier molecular flexibility index (Phi) is 5.89. The first-order valence-electron chi connectivity index (χ1n) is 9.39. The molecule has 4 aromatic rings. The summed E-state index contributed by atoms with van der Waals surface area (Å²) in [5.74, 6) is -0.864. The normalized spacial score (nSPS) is 11.7. The second-order valence-electron chi connectivity index (χ2n) is 6.77. The minimum Gasteiger partial charge on any atom is -0.505 e. The summed E-state index contributed by atoms with van der Waals surface area (Å²) in [6.07, 6.45) is 0. The lowest BCUT2D eigenvalue weighted by Crippen LogP contribution is -2.13. The zero-order valence-electron chi connectivity index (χ0n) is 16.4. The Morgan fingerprint density at radius 3 is 2.19 bits per heavy atom. The average Bonchev–Trinajstić information content (AvgIpc) is 2.81. The van der Waals surface area contributed by atoms with Gasteiger partial charge in [-0.1, -0.05) is 54.1 Å². The quantitative estimate of drug-likeness (QED) is 0.281. The summed E-state index contributed by atoms with van der Waals surface area (Å²) >= 11 is 5.83. The van der Waals surface area contributed by atoms with Crippen molar-refractivity contribution in [3.8, 4) is 5.75 Å². The second kappa shape index (κ2) is 8.78. The van der Waals surface area contributed by atoms with Gasteiger partial charge in [0.2, 0.25) is 0 Å². The third kappa shape index (κ3) is 4.46. The molecule has 1 amide bonds. The first-order chi connectivity index (χ1) is 15.3. The number of amides is 1. The molecule has 0 spiro atoms. The van der Waals surface area contributed by atoms with Crippen LogP contribution in [0.15, 0.2) is 100 Å². The summed E-state index contributed by atoms with van der Waals surface area (Å²) in [6, 6.07) is 22.0. The van der Waals surface area contributed by atoms with E-state index in [9.17, 15) is 18.3 Å². The maximum absolute atomic E-state index is 12.8. The number of phenols is 1. The van der Waals surface area contributed by atoms with Gasteiger partial charge in [0.1, 0.15) is 5.69 Å². The zero-order valence-corrected chi connectivity index (χ0v) is 18.0. The van der Waals surface area contributed by atoms with Crippen molar-refractivity contribution in [1.29, 1.82) is 0 Å². The molecular formula is C23H16ClN3O4S. The van der Waals surface area contributed by atoms with Crippen LogP contribution in [0.1, 0.15) is 10.4 Å². The third-order valence-electron chi connectivity index (χ3n) is 4.63. The fraction of sp³-hybridized carbons (Fsp3) is 0. The molecule has 0 aliphatic heterocycles. The maximum atomic E-state index is 12.8. The summed E-state index contributed by atoms with van der Waals surface area (Å²) in [5.41, 5.74) is 0.398. The number of carbonyl (C=O) groups is 1. The van der Waals surface area contributed by atoms with Gasteiger partial charge in [0.05, 0.1) is 10.6 Å². The Labute approximate surface area is 189 Å². The van der Waals surface area contributed by atoms with E-state index in [0.29, 0.717) is 15.8 Å². The predicted molar refractivity (Wildman–Crippen MR) is 123 cm³/mol. The summed E-state index contributed by atoms with van der Waals surface area (Å²) in [4.78, 5) is 12.4. The number of anilines is 1. The molecule has 0 aromatic heterocycles. The van der Waals surface area contributed by atoms with E-state index in [2.05, 4.69) is 15.0 Å². The van der Waals surface area contributed by atoms with Crippen LogP contribution < -0.4 is 4.72 Å². The van der Waals surface area contributed by atoms with E-state index in [1.165, 1.54) is 30.3 Å². The van der Waals surface area contributed by atoms with Crippen molar-refractivity contribution in [3.63, 3.8) is 0 Å². The van der Waals surface area contributed by atoms with Gasteiger partial charge < -0.3 is 5.11 Å². The van der Waals surface area contributed by atoms with Crippen LogP contribution in [0.2, 0.25) is 5.02 Å². The Morgan fingerprint density at radius 2 is 1.50 bits per heavy atom. The van der Waals surface area contributed by atoms with Crippen LogP contribution in [0.25, 0.3) is 10.8 Å². The van der Waals surface area contributed by atoms with Crippen molar-refractivity contribution in [3.05, 3.63) is 95.5 Å². The van der Waals surface area contributed by atoms with Gasteiger partial charge >= 0.3 is 0 Å². The SMILES string of the molecule is O=C(N=Nc1cc(NS(=O)(=O)c2ccccc2)c2ccccc2c1O)c1ccc(Cl)cc1. The number of carbonyl (C=O) groups excluding carboxylic acids is 1. The molecule has 4 rings (SSSR count). The Morgan fingerprint density at radius 1 is 0.875 bits per heavy atom. The number of azo groups is 1. The molecule has 0 heterocycles. The van der Waals surface area contributed by atoms with E-state index >= 15 is 0 Å². The predicted octanol–water partition coefficient (Wildman–Crippen LogP) is 5.92. The summed E-state index contributed by atoms with van der Waals surface area (Å²) < 4.78 is 28.2. The highest BCUT2D eigenvalue weighted by atomic mass is 35.5. The second-order valence-corrected chi connectivity index (χ2v) is 8.89. The van der Waals surface area contributed by atoms with E-state index in [1.54, 1.807) is 54.6 Å². The van der Waals surface area contributed by atoms with Gasteiger partial charge in [-0.3, -0.25) is 9.52 Å². The highest BCUT2D eigenvalue weighted by molar-refractivity contribution is 7.92. The Hall–Kier alpha value is -3.75. The number of rotatable bonds is 5. The lowest BCUT2D eigenvalue weighted by atomic mass is 10.1. The van der Waals surface area contributed by atoms with Gasteiger partial charge in [-0.25, -0.2) is 8.42 Å². The molecule has 7 nitrogen and oxygen atoms in total. The summed E-state index contributed by atoms with van der Waals surface area (Å²) in [5, 5.41) is 19.5. The molecule has 0 aliphatic rings. The smallest absolute Gasteiger partial charge is 0.295 e. The largest absolute Gasteiger partial charge is 0.505 e. The molecular weight excluding hydrogens is 450 g/mol. The number of aromatic hydroxyl groups is 1. The molecule has 0 radical (unpaired) electrons. The van der Waals surface area contributed by atoms with Crippen molar-refractivity contribution in [2.75, 3.05) is 4.72 Å². The topological polar surface area (TPSA) is 108 Å². The molecule has 32 heavy (non-hydrogen) atoms. The number of benzene rings is 4. The van der Waals surface area contributed by atoms with E-state index in [4.69, 9.17) is 11.6 Å². The molecule has 160 valence electrons. The van der Waals surface area contributed by atoms with Gasteiger partial charge in [-0.2, -0.15) is 0 Å². The minimum absolute atomic E-state index is 0.0585. The number of sulfonamides is 1. The zero-order chi connectivity index (χ0) is 22.7. The van der Waals surface area contributed by atoms with Crippen molar-refractivity contribution in [2.24, 2.45) is 10.2 Å². The fourth-order valence-corrected chi connectivity index (χ4v) is 4.28. The van der Waals surface area contributed by atoms with Crippen molar-refractivity contribution < 1.29 is 18.3 Å². The molecule has 0 unspecified atom stereocenters. The highest BCUT2D eigenvalue weighted by Gasteiger charge is 2.18. The molecule has 4 aromatic carbocycles. The molecule has 0 saturated carbocycles. The van der Waals surface area contributed by atoms with Gasteiger partial charge in [0, 0.05) is 21.4 Å².